The molecular formula is C17H12F3N3O3. The number of imidazole rings is 1. The van der Waals surface area contributed by atoms with Gasteiger partial charge in [-0.25, -0.2) is 9.78 Å². The molecule has 3 rings (SSSR count). The number of ether oxygens (including phenoxy) is 1. The largest absolute Gasteiger partial charge is 0.573 e. The van der Waals surface area contributed by atoms with Gasteiger partial charge in [-0.2, -0.15) is 0 Å². The van der Waals surface area contributed by atoms with Crippen molar-refractivity contribution in [3.05, 3.63) is 54.5 Å². The highest BCUT2D eigenvalue weighted by Crippen LogP contribution is 2.33. The molecule has 0 saturated carbocycles. The Bertz CT molecular complexity index is 950. The zero-order valence-electron chi connectivity index (χ0n) is 13.4. The van der Waals surface area contributed by atoms with Gasteiger partial charge in [0.15, 0.2) is 0 Å². The summed E-state index contributed by atoms with van der Waals surface area (Å²) >= 11 is 0. The van der Waals surface area contributed by atoms with Crippen molar-refractivity contribution >= 4 is 5.97 Å². The zero-order chi connectivity index (χ0) is 18.9. The first kappa shape index (κ1) is 17.5. The second-order valence-corrected chi connectivity index (χ2v) is 5.33. The van der Waals surface area contributed by atoms with E-state index < -0.39 is 12.3 Å². The number of nitrogens with zero attached hydrogens (tertiary/aromatic N) is 3. The summed E-state index contributed by atoms with van der Waals surface area (Å²) in [5, 5.41) is 9.34. The molecule has 134 valence electrons. The lowest BCUT2D eigenvalue weighted by Gasteiger charge is -2.11. The average Bonchev–Trinajstić information content (AvgIpc) is 2.95. The number of aromatic nitrogens is 3. The van der Waals surface area contributed by atoms with Crippen LogP contribution in [0.25, 0.3) is 22.6 Å². The second kappa shape index (κ2) is 6.51. The summed E-state index contributed by atoms with van der Waals surface area (Å²) in [7, 11) is 1.69. The SMILES string of the molecule is Cn1cnc(-c2ncccc2C(=O)O)c1-c1ccc(OC(F)(F)F)cc1. The van der Waals surface area contributed by atoms with Gasteiger partial charge in [0.05, 0.1) is 17.6 Å². The standard InChI is InChI=1S/C17H12F3N3O3/c1-23-9-22-14(13-12(16(24)25)3-2-8-21-13)15(23)10-4-6-11(7-5-10)26-17(18,19)20/h2-9H,1H3,(H,24,25). The quantitative estimate of drug-likeness (QED) is 0.764. The maximum atomic E-state index is 12.3. The lowest BCUT2D eigenvalue weighted by atomic mass is 10.0. The first-order valence-corrected chi connectivity index (χ1v) is 7.32. The first-order chi connectivity index (χ1) is 12.3. The number of benzene rings is 1. The molecule has 9 heteroatoms. The Morgan fingerprint density at radius 2 is 1.81 bits per heavy atom. The summed E-state index contributed by atoms with van der Waals surface area (Å²) in [6.45, 7) is 0. The molecule has 0 bridgehead atoms. The van der Waals surface area contributed by atoms with Crippen LogP contribution in [0.15, 0.2) is 48.9 Å². The third kappa shape index (κ3) is 3.51. The molecule has 0 atom stereocenters. The topological polar surface area (TPSA) is 77.2 Å². The number of aryl methyl sites for hydroxylation is 1. The van der Waals surface area contributed by atoms with Crippen molar-refractivity contribution in [2.24, 2.45) is 7.05 Å². The molecule has 0 spiro atoms. The van der Waals surface area contributed by atoms with Gasteiger partial charge in [0.2, 0.25) is 0 Å². The summed E-state index contributed by atoms with van der Waals surface area (Å²) in [6, 6.07) is 8.13. The van der Waals surface area contributed by atoms with Crippen molar-refractivity contribution < 1.29 is 27.8 Å². The van der Waals surface area contributed by atoms with E-state index in [9.17, 15) is 23.1 Å². The van der Waals surface area contributed by atoms with Gasteiger partial charge < -0.3 is 14.4 Å². The van der Waals surface area contributed by atoms with Gasteiger partial charge >= 0.3 is 12.3 Å². The second-order valence-electron chi connectivity index (χ2n) is 5.33. The van der Waals surface area contributed by atoms with Crippen LogP contribution in [-0.4, -0.2) is 32.0 Å². The van der Waals surface area contributed by atoms with Crippen molar-refractivity contribution in [2.75, 3.05) is 0 Å². The molecule has 26 heavy (non-hydrogen) atoms. The van der Waals surface area contributed by atoms with Crippen molar-refractivity contribution in [3.63, 3.8) is 0 Å². The fraction of sp³-hybridized carbons (Fsp3) is 0.118. The highest BCUT2D eigenvalue weighted by Gasteiger charge is 2.31. The highest BCUT2D eigenvalue weighted by molar-refractivity contribution is 5.96. The van der Waals surface area contributed by atoms with Crippen molar-refractivity contribution in [1.29, 1.82) is 0 Å². The Hall–Kier alpha value is -3.36. The molecule has 6 nitrogen and oxygen atoms in total. The van der Waals surface area contributed by atoms with Gasteiger partial charge in [-0.3, -0.25) is 4.98 Å². The van der Waals surface area contributed by atoms with Crippen LogP contribution in [0.1, 0.15) is 10.4 Å². The molecular weight excluding hydrogens is 351 g/mol. The Kier molecular flexibility index (Phi) is 4.37. The maximum absolute atomic E-state index is 12.3. The molecule has 2 aromatic heterocycles. The third-order valence-electron chi connectivity index (χ3n) is 3.56. The molecule has 0 amide bonds. The van der Waals surface area contributed by atoms with E-state index in [0.717, 1.165) is 0 Å². The molecule has 3 aromatic rings. The minimum atomic E-state index is -4.77. The molecule has 0 unspecified atom stereocenters. The highest BCUT2D eigenvalue weighted by atomic mass is 19.4. The van der Waals surface area contributed by atoms with Crippen molar-refractivity contribution in [3.8, 4) is 28.4 Å². The van der Waals surface area contributed by atoms with E-state index in [2.05, 4.69) is 14.7 Å². The fourth-order valence-corrected chi connectivity index (χ4v) is 2.52. The zero-order valence-corrected chi connectivity index (χ0v) is 13.4. The van der Waals surface area contributed by atoms with Gasteiger partial charge in [0.1, 0.15) is 17.1 Å². The van der Waals surface area contributed by atoms with E-state index in [-0.39, 0.29) is 17.0 Å². The lowest BCUT2D eigenvalue weighted by molar-refractivity contribution is -0.274. The van der Waals surface area contributed by atoms with Gasteiger partial charge in [0, 0.05) is 18.8 Å². The van der Waals surface area contributed by atoms with E-state index in [1.54, 1.807) is 11.6 Å². The summed E-state index contributed by atoms with van der Waals surface area (Å²) in [5.74, 6) is -1.51. The minimum Gasteiger partial charge on any atom is -0.478 e. The molecule has 0 saturated heterocycles. The molecule has 0 aliphatic carbocycles. The predicted octanol–water partition coefficient (Wildman–Crippen LogP) is 3.75. The van der Waals surface area contributed by atoms with E-state index in [1.165, 1.54) is 48.9 Å². The predicted molar refractivity (Wildman–Crippen MR) is 85.5 cm³/mol. The van der Waals surface area contributed by atoms with Gasteiger partial charge in [-0.1, -0.05) is 0 Å². The summed E-state index contributed by atoms with van der Waals surface area (Å²) in [5.41, 5.74) is 1.52. The molecule has 0 fully saturated rings. The Morgan fingerprint density at radius 3 is 2.42 bits per heavy atom. The lowest BCUT2D eigenvalue weighted by Crippen LogP contribution is -2.16. The summed E-state index contributed by atoms with van der Waals surface area (Å²) in [6.07, 6.45) is -1.85. The number of carboxylic acid groups (broad SMARTS) is 1. The van der Waals surface area contributed by atoms with E-state index >= 15 is 0 Å². The van der Waals surface area contributed by atoms with Crippen LogP contribution < -0.4 is 4.74 Å². The number of aromatic carboxylic acids is 1. The third-order valence-corrected chi connectivity index (χ3v) is 3.56. The number of rotatable bonds is 4. The molecule has 2 heterocycles. The average molecular weight is 363 g/mol. The Morgan fingerprint density at radius 1 is 1.12 bits per heavy atom. The molecule has 0 radical (unpaired) electrons. The smallest absolute Gasteiger partial charge is 0.478 e. The first-order valence-electron chi connectivity index (χ1n) is 7.32. The van der Waals surface area contributed by atoms with Gasteiger partial charge in [0.25, 0.3) is 0 Å². The van der Waals surface area contributed by atoms with Crippen LogP contribution in [0.4, 0.5) is 13.2 Å². The van der Waals surface area contributed by atoms with E-state index in [1.807, 2.05) is 0 Å². The Labute approximate surface area is 145 Å². The van der Waals surface area contributed by atoms with Gasteiger partial charge in [-0.15, -0.1) is 13.2 Å². The number of alkyl halides is 3. The van der Waals surface area contributed by atoms with Crippen LogP contribution in [0.5, 0.6) is 5.75 Å². The van der Waals surface area contributed by atoms with E-state index in [0.29, 0.717) is 17.0 Å². The number of pyridine rings is 1. The van der Waals surface area contributed by atoms with Crippen LogP contribution in [0.2, 0.25) is 0 Å². The summed E-state index contributed by atoms with van der Waals surface area (Å²) < 4.78 is 42.3. The van der Waals surface area contributed by atoms with Crippen LogP contribution >= 0.6 is 0 Å². The number of carbonyl (C=O) groups is 1. The molecule has 1 N–H and O–H groups in total. The number of hydrogen-bond acceptors (Lipinski definition) is 4. The van der Waals surface area contributed by atoms with Crippen LogP contribution in [0.3, 0.4) is 0 Å². The molecule has 0 aliphatic rings. The molecule has 1 aromatic carbocycles. The maximum Gasteiger partial charge on any atom is 0.573 e. The summed E-state index contributed by atoms with van der Waals surface area (Å²) in [4.78, 5) is 19.7. The van der Waals surface area contributed by atoms with Crippen molar-refractivity contribution in [1.82, 2.24) is 14.5 Å². The Balaban J connectivity index is 2.06. The van der Waals surface area contributed by atoms with Crippen LogP contribution in [-0.2, 0) is 7.05 Å². The minimum absolute atomic E-state index is 0.0236. The number of halogens is 3. The normalized spacial score (nSPS) is 11.4. The molecule has 0 aliphatic heterocycles. The number of carboxylic acids is 1. The monoisotopic (exact) mass is 363 g/mol. The van der Waals surface area contributed by atoms with Crippen molar-refractivity contribution in [2.45, 2.75) is 6.36 Å². The number of hydrogen-bond donors (Lipinski definition) is 1. The van der Waals surface area contributed by atoms with Crippen LogP contribution in [0, 0.1) is 0 Å². The van der Waals surface area contributed by atoms with Gasteiger partial charge in [-0.05, 0) is 36.4 Å². The fourth-order valence-electron chi connectivity index (χ4n) is 2.52. The van der Waals surface area contributed by atoms with E-state index in [4.69, 9.17) is 0 Å².